The number of hydrogen-bond acceptors (Lipinski definition) is 6. The van der Waals surface area contributed by atoms with E-state index in [9.17, 15) is 9.59 Å². The minimum Gasteiger partial charge on any atom is -0.491 e. The largest absolute Gasteiger partial charge is 0.491 e. The summed E-state index contributed by atoms with van der Waals surface area (Å²) in [4.78, 5) is 25.6. The molecule has 2 aromatic carbocycles. The fourth-order valence-corrected chi connectivity index (χ4v) is 3.81. The Labute approximate surface area is 184 Å². The molecule has 8 heteroatoms. The summed E-state index contributed by atoms with van der Waals surface area (Å²) in [7, 11) is 0. The van der Waals surface area contributed by atoms with Crippen LogP contribution in [0, 0.1) is 0 Å². The molecule has 156 valence electrons. The number of carbonyl (C=O) groups is 2. The Bertz CT molecular complexity index is 1030. The summed E-state index contributed by atoms with van der Waals surface area (Å²) in [5.41, 5.74) is 2.64. The second-order valence-electron chi connectivity index (χ2n) is 6.69. The van der Waals surface area contributed by atoms with Crippen LogP contribution >= 0.6 is 23.3 Å². The van der Waals surface area contributed by atoms with Crippen LogP contribution in [-0.4, -0.2) is 24.2 Å². The zero-order valence-corrected chi connectivity index (χ0v) is 18.5. The van der Waals surface area contributed by atoms with E-state index in [0.29, 0.717) is 27.6 Å². The summed E-state index contributed by atoms with van der Waals surface area (Å²) in [6.45, 7) is 3.89. The van der Waals surface area contributed by atoms with Crippen LogP contribution in [0.1, 0.15) is 33.9 Å². The zero-order chi connectivity index (χ0) is 21.5. The van der Waals surface area contributed by atoms with Gasteiger partial charge in [-0.15, -0.1) is 11.3 Å². The van der Waals surface area contributed by atoms with E-state index in [0.717, 1.165) is 5.69 Å². The molecule has 1 heterocycles. The van der Waals surface area contributed by atoms with E-state index in [4.69, 9.17) is 4.74 Å². The molecule has 0 unspecified atom stereocenters. The van der Waals surface area contributed by atoms with Crippen molar-refractivity contribution >= 4 is 52.2 Å². The van der Waals surface area contributed by atoms with Crippen LogP contribution in [0.3, 0.4) is 0 Å². The van der Waals surface area contributed by atoms with E-state index in [1.54, 1.807) is 23.6 Å². The molecular weight excluding hydrogens is 418 g/mol. The zero-order valence-electron chi connectivity index (χ0n) is 16.9. The Hall–Kier alpha value is -2.97. The van der Waals surface area contributed by atoms with Crippen molar-refractivity contribution in [2.45, 2.75) is 20.0 Å². The van der Waals surface area contributed by atoms with E-state index in [-0.39, 0.29) is 17.9 Å². The Kier molecular flexibility index (Phi) is 7.37. The van der Waals surface area contributed by atoms with Gasteiger partial charge in [-0.05, 0) is 50.2 Å². The van der Waals surface area contributed by atoms with Crippen molar-refractivity contribution in [2.75, 3.05) is 21.6 Å². The van der Waals surface area contributed by atoms with Gasteiger partial charge in [0.15, 0.2) is 0 Å². The lowest BCUT2D eigenvalue weighted by atomic mass is 10.2. The molecule has 0 aliphatic heterocycles. The van der Waals surface area contributed by atoms with Gasteiger partial charge in [-0.3, -0.25) is 9.59 Å². The van der Waals surface area contributed by atoms with E-state index in [1.165, 1.54) is 23.3 Å². The van der Waals surface area contributed by atoms with Gasteiger partial charge in [0.25, 0.3) is 11.8 Å². The van der Waals surface area contributed by atoms with E-state index in [1.807, 2.05) is 56.5 Å². The van der Waals surface area contributed by atoms with Crippen molar-refractivity contribution in [1.82, 2.24) is 0 Å². The number of amides is 2. The third-order valence-electron chi connectivity index (χ3n) is 3.89. The molecule has 0 atom stereocenters. The summed E-state index contributed by atoms with van der Waals surface area (Å²) in [6, 6.07) is 16.3. The first-order valence-corrected chi connectivity index (χ1v) is 11.4. The maximum Gasteiger partial charge on any atom is 0.265 e. The fraction of sp³-hybridized carbons (Fsp3) is 0.182. The second kappa shape index (κ2) is 10.2. The molecule has 6 nitrogen and oxygen atoms in total. The molecule has 30 heavy (non-hydrogen) atoms. The van der Waals surface area contributed by atoms with Crippen molar-refractivity contribution in [3.05, 3.63) is 70.4 Å². The minimum atomic E-state index is -0.279. The number of thiophene rings is 1. The number of anilines is 3. The van der Waals surface area contributed by atoms with E-state index >= 15 is 0 Å². The lowest BCUT2D eigenvalue weighted by Crippen LogP contribution is -2.13. The molecule has 3 N–H and O–H groups in total. The third-order valence-corrected chi connectivity index (χ3v) is 5.26. The number of rotatable bonds is 8. The van der Waals surface area contributed by atoms with Gasteiger partial charge in [0, 0.05) is 34.8 Å². The molecule has 2 amide bonds. The Morgan fingerprint density at radius 1 is 0.933 bits per heavy atom. The molecule has 0 aliphatic rings. The topological polar surface area (TPSA) is 79.5 Å². The second-order valence-corrected chi connectivity index (χ2v) is 8.21. The third kappa shape index (κ3) is 6.01. The SMILES string of the molecule is CSNc1cccc(NC(=O)c2cc(C(=O)Nc3cccc(OC(C)C)c3)cs2)c1. The highest BCUT2D eigenvalue weighted by Crippen LogP contribution is 2.22. The molecule has 0 radical (unpaired) electrons. The van der Waals surface area contributed by atoms with Gasteiger partial charge in [0.2, 0.25) is 0 Å². The maximum absolute atomic E-state index is 12.6. The highest BCUT2D eigenvalue weighted by molar-refractivity contribution is 7.99. The first kappa shape index (κ1) is 21.7. The molecule has 0 saturated heterocycles. The molecule has 3 aromatic rings. The summed E-state index contributed by atoms with van der Waals surface area (Å²) >= 11 is 2.70. The monoisotopic (exact) mass is 441 g/mol. The molecule has 0 fully saturated rings. The predicted molar refractivity (Wildman–Crippen MR) is 126 cm³/mol. The first-order chi connectivity index (χ1) is 14.4. The van der Waals surface area contributed by atoms with Crippen LogP contribution in [-0.2, 0) is 0 Å². The quantitative estimate of drug-likeness (QED) is 0.389. The number of benzene rings is 2. The average Bonchev–Trinajstić information content (AvgIpc) is 3.19. The van der Waals surface area contributed by atoms with Gasteiger partial charge < -0.3 is 20.1 Å². The highest BCUT2D eigenvalue weighted by Gasteiger charge is 2.14. The predicted octanol–water partition coefficient (Wildman–Crippen LogP) is 5.73. The van der Waals surface area contributed by atoms with Crippen molar-refractivity contribution in [3.63, 3.8) is 0 Å². The average molecular weight is 442 g/mol. The Morgan fingerprint density at radius 3 is 2.33 bits per heavy atom. The standard InChI is InChI=1S/C22H23N3O3S2/c1-14(2)28-19-9-5-7-17(12-19)23-21(26)15-10-20(30-13-15)22(27)24-16-6-4-8-18(11-16)25-29-3/h4-14,25H,1-3H3,(H,23,26)(H,24,27). The van der Waals surface area contributed by atoms with Gasteiger partial charge >= 0.3 is 0 Å². The Morgan fingerprint density at radius 2 is 1.60 bits per heavy atom. The van der Waals surface area contributed by atoms with Gasteiger partial charge in [0.1, 0.15) is 5.75 Å². The number of ether oxygens (including phenoxy) is 1. The van der Waals surface area contributed by atoms with Crippen LogP contribution in [0.25, 0.3) is 0 Å². The molecule has 0 saturated carbocycles. The van der Waals surface area contributed by atoms with Gasteiger partial charge in [0.05, 0.1) is 16.5 Å². The molecular formula is C22H23N3O3S2. The molecule has 0 spiro atoms. The lowest BCUT2D eigenvalue weighted by Gasteiger charge is -2.11. The van der Waals surface area contributed by atoms with Gasteiger partial charge in [-0.2, -0.15) is 0 Å². The molecule has 0 aliphatic carbocycles. The molecule has 0 bridgehead atoms. The van der Waals surface area contributed by atoms with Crippen LogP contribution < -0.4 is 20.1 Å². The number of nitrogens with one attached hydrogen (secondary N) is 3. The van der Waals surface area contributed by atoms with Crippen molar-refractivity contribution in [2.24, 2.45) is 0 Å². The Balaban J connectivity index is 1.64. The normalized spacial score (nSPS) is 10.5. The summed E-state index contributed by atoms with van der Waals surface area (Å²) < 4.78 is 8.77. The number of hydrogen-bond donors (Lipinski definition) is 3. The molecule has 3 rings (SSSR count). The van der Waals surface area contributed by atoms with Crippen LogP contribution in [0.15, 0.2) is 60.0 Å². The summed E-state index contributed by atoms with van der Waals surface area (Å²) in [5, 5.41) is 7.37. The van der Waals surface area contributed by atoms with Crippen molar-refractivity contribution in [3.8, 4) is 5.75 Å². The molecule has 1 aromatic heterocycles. The van der Waals surface area contributed by atoms with E-state index < -0.39 is 0 Å². The van der Waals surface area contributed by atoms with Crippen LogP contribution in [0.5, 0.6) is 5.75 Å². The minimum absolute atomic E-state index is 0.0473. The van der Waals surface area contributed by atoms with Gasteiger partial charge in [-0.1, -0.05) is 24.1 Å². The van der Waals surface area contributed by atoms with Crippen molar-refractivity contribution < 1.29 is 14.3 Å². The smallest absolute Gasteiger partial charge is 0.265 e. The lowest BCUT2D eigenvalue weighted by molar-refractivity contribution is 0.102. The highest BCUT2D eigenvalue weighted by atomic mass is 32.2. The van der Waals surface area contributed by atoms with Crippen LogP contribution in [0.2, 0.25) is 0 Å². The fourth-order valence-electron chi connectivity index (χ4n) is 2.67. The van der Waals surface area contributed by atoms with Crippen molar-refractivity contribution in [1.29, 1.82) is 0 Å². The summed E-state index contributed by atoms with van der Waals surface area (Å²) in [5.74, 6) is 0.150. The van der Waals surface area contributed by atoms with Crippen LogP contribution in [0.4, 0.5) is 17.1 Å². The first-order valence-electron chi connectivity index (χ1n) is 9.31. The van der Waals surface area contributed by atoms with Gasteiger partial charge in [-0.25, -0.2) is 0 Å². The van der Waals surface area contributed by atoms with E-state index in [2.05, 4.69) is 15.4 Å². The number of carbonyl (C=O) groups excluding carboxylic acids is 2. The maximum atomic E-state index is 12.6. The summed E-state index contributed by atoms with van der Waals surface area (Å²) in [6.07, 6.45) is 1.97.